The molecule has 0 saturated carbocycles. The van der Waals surface area contributed by atoms with Gasteiger partial charge in [-0.15, -0.1) is 0 Å². The van der Waals surface area contributed by atoms with Crippen LogP contribution in [0.1, 0.15) is 11.1 Å². The second-order valence-corrected chi connectivity index (χ2v) is 6.14. The minimum Gasteiger partial charge on any atom is -0.493 e. The number of benzene rings is 2. The minimum absolute atomic E-state index is 0.0118. The first-order valence-electron chi connectivity index (χ1n) is 8.45. The molecule has 0 atom stereocenters. The summed E-state index contributed by atoms with van der Waals surface area (Å²) in [5, 5.41) is 13.4. The van der Waals surface area contributed by atoms with Crippen LogP contribution in [0.3, 0.4) is 0 Å². The fourth-order valence-electron chi connectivity index (χ4n) is 2.19. The number of ether oxygens (including phenoxy) is 2. The van der Waals surface area contributed by atoms with Gasteiger partial charge in [0.2, 0.25) is 0 Å². The number of nitro groups is 1. The Bertz CT molecular complexity index is 980. The van der Waals surface area contributed by atoms with Gasteiger partial charge in [-0.2, -0.15) is 35.8 Å². The molecule has 0 fully saturated rings. The third-order valence-corrected chi connectivity index (χ3v) is 3.90. The Labute approximate surface area is 175 Å². The molecule has 0 aliphatic rings. The van der Waals surface area contributed by atoms with E-state index in [1.165, 1.54) is 49.6 Å². The number of alkyl halides is 7. The SMILES string of the molecule is COc1cc(/C=N/NC(F)(F)C(F)(F)C(F)(F)F)ccc1OCc1ccc([N+](=O)[O-])cc1. The van der Waals surface area contributed by atoms with Crippen molar-refractivity contribution in [2.75, 3.05) is 7.11 Å². The molecular formula is C18H14F7N3O4. The number of hydrazone groups is 1. The summed E-state index contributed by atoms with van der Waals surface area (Å²) in [6, 6.07) is 3.58. The van der Waals surface area contributed by atoms with Gasteiger partial charge in [-0.3, -0.25) is 10.1 Å². The number of non-ortho nitro benzene ring substituents is 1. The van der Waals surface area contributed by atoms with E-state index >= 15 is 0 Å². The maximum absolute atomic E-state index is 13.2. The zero-order chi connectivity index (χ0) is 24.2. The highest BCUT2D eigenvalue weighted by atomic mass is 19.4. The van der Waals surface area contributed by atoms with Gasteiger partial charge in [0, 0.05) is 12.1 Å². The molecule has 2 aromatic rings. The van der Waals surface area contributed by atoms with Crippen LogP contribution in [0.4, 0.5) is 36.4 Å². The Kier molecular flexibility index (Phi) is 7.16. The van der Waals surface area contributed by atoms with Crippen molar-refractivity contribution in [3.05, 3.63) is 63.7 Å². The second-order valence-electron chi connectivity index (χ2n) is 6.14. The quantitative estimate of drug-likeness (QED) is 0.186. The third kappa shape index (κ3) is 5.56. The number of methoxy groups -OCH3 is 1. The van der Waals surface area contributed by atoms with Crippen LogP contribution >= 0.6 is 0 Å². The highest BCUT2D eigenvalue weighted by Crippen LogP contribution is 2.45. The number of rotatable bonds is 9. The standard InChI is InChI=1S/C18H14F7N3O4/c1-31-15-8-12(9-26-27-18(24,25)16(19,20)17(21,22)23)4-7-14(15)32-10-11-2-5-13(6-3-11)28(29)30/h2-9,27H,10H2,1H3/b26-9+. The van der Waals surface area contributed by atoms with Crippen LogP contribution < -0.4 is 14.9 Å². The lowest BCUT2D eigenvalue weighted by Crippen LogP contribution is -2.58. The number of hydrogen-bond acceptors (Lipinski definition) is 6. The van der Waals surface area contributed by atoms with E-state index in [2.05, 4.69) is 5.10 Å². The van der Waals surface area contributed by atoms with Crippen molar-refractivity contribution < 1.29 is 45.1 Å². The van der Waals surface area contributed by atoms with Crippen LogP contribution in [0.15, 0.2) is 47.6 Å². The predicted octanol–water partition coefficient (Wildman–Crippen LogP) is 4.90. The first-order valence-corrected chi connectivity index (χ1v) is 8.45. The zero-order valence-electron chi connectivity index (χ0n) is 16.0. The maximum Gasteiger partial charge on any atom is 0.462 e. The fraction of sp³-hybridized carbons (Fsp3) is 0.278. The summed E-state index contributed by atoms with van der Waals surface area (Å²) in [6.45, 7) is -0.0118. The highest BCUT2D eigenvalue weighted by Gasteiger charge is 2.73. The Morgan fingerprint density at radius 3 is 2.19 bits per heavy atom. The average Bonchev–Trinajstić information content (AvgIpc) is 2.71. The Balaban J connectivity index is 2.07. The number of nitro benzene ring substituents is 1. The van der Waals surface area contributed by atoms with E-state index in [-0.39, 0.29) is 29.4 Å². The first-order chi connectivity index (χ1) is 14.8. The van der Waals surface area contributed by atoms with Gasteiger partial charge >= 0.3 is 18.1 Å². The topological polar surface area (TPSA) is 86.0 Å². The summed E-state index contributed by atoms with van der Waals surface area (Å²) in [6.07, 6.45) is -5.89. The summed E-state index contributed by atoms with van der Waals surface area (Å²) in [4.78, 5) is 10.1. The predicted molar refractivity (Wildman–Crippen MR) is 97.1 cm³/mol. The summed E-state index contributed by atoms with van der Waals surface area (Å²) in [7, 11) is 1.24. The molecule has 0 aromatic heterocycles. The van der Waals surface area contributed by atoms with Crippen molar-refractivity contribution in [2.45, 2.75) is 24.8 Å². The monoisotopic (exact) mass is 469 g/mol. The fourth-order valence-corrected chi connectivity index (χ4v) is 2.19. The van der Waals surface area contributed by atoms with Crippen molar-refractivity contribution in [1.82, 2.24) is 5.43 Å². The van der Waals surface area contributed by atoms with E-state index in [4.69, 9.17) is 9.47 Å². The largest absolute Gasteiger partial charge is 0.493 e. The Hall–Kier alpha value is -3.58. The highest BCUT2D eigenvalue weighted by molar-refractivity contribution is 5.80. The number of nitrogens with one attached hydrogen (secondary N) is 1. The second kappa shape index (κ2) is 9.28. The third-order valence-electron chi connectivity index (χ3n) is 3.90. The molecule has 0 radical (unpaired) electrons. The van der Waals surface area contributed by atoms with Gasteiger partial charge in [-0.25, -0.2) is 5.43 Å². The van der Waals surface area contributed by atoms with E-state index in [9.17, 15) is 40.8 Å². The molecule has 0 saturated heterocycles. The van der Waals surface area contributed by atoms with Crippen LogP contribution in [-0.4, -0.2) is 36.4 Å². The molecule has 1 N–H and O–H groups in total. The molecule has 7 nitrogen and oxygen atoms in total. The van der Waals surface area contributed by atoms with Gasteiger partial charge in [0.05, 0.1) is 18.2 Å². The lowest BCUT2D eigenvalue weighted by Gasteiger charge is -2.27. The molecule has 14 heteroatoms. The molecule has 0 bridgehead atoms. The summed E-state index contributed by atoms with van der Waals surface area (Å²) >= 11 is 0. The average molecular weight is 469 g/mol. The van der Waals surface area contributed by atoms with Crippen molar-refractivity contribution in [3.63, 3.8) is 0 Å². The molecular weight excluding hydrogens is 455 g/mol. The van der Waals surface area contributed by atoms with Gasteiger partial charge < -0.3 is 9.47 Å². The number of hydrogen-bond donors (Lipinski definition) is 1. The van der Waals surface area contributed by atoms with Crippen molar-refractivity contribution in [1.29, 1.82) is 0 Å². The molecule has 2 rings (SSSR count). The van der Waals surface area contributed by atoms with Crippen LogP contribution in [0.5, 0.6) is 11.5 Å². The molecule has 0 amide bonds. The molecule has 32 heavy (non-hydrogen) atoms. The van der Waals surface area contributed by atoms with Crippen LogP contribution in [0.25, 0.3) is 0 Å². The van der Waals surface area contributed by atoms with Crippen molar-refractivity contribution >= 4 is 11.9 Å². The smallest absolute Gasteiger partial charge is 0.462 e. The molecule has 174 valence electrons. The van der Waals surface area contributed by atoms with E-state index in [0.717, 1.165) is 0 Å². The molecule has 0 aliphatic heterocycles. The zero-order valence-corrected chi connectivity index (χ0v) is 16.0. The van der Waals surface area contributed by atoms with Gasteiger partial charge in [0.25, 0.3) is 5.69 Å². The van der Waals surface area contributed by atoms with Crippen molar-refractivity contribution in [2.24, 2.45) is 5.10 Å². The molecule has 0 spiro atoms. The Morgan fingerprint density at radius 1 is 1.03 bits per heavy atom. The van der Waals surface area contributed by atoms with Crippen molar-refractivity contribution in [3.8, 4) is 11.5 Å². The van der Waals surface area contributed by atoms with Gasteiger partial charge in [-0.1, -0.05) is 0 Å². The van der Waals surface area contributed by atoms with Gasteiger partial charge in [0.15, 0.2) is 11.5 Å². The van der Waals surface area contributed by atoms with Crippen LogP contribution in [0.2, 0.25) is 0 Å². The lowest BCUT2D eigenvalue weighted by atomic mass is 10.2. The van der Waals surface area contributed by atoms with Crippen LogP contribution in [0, 0.1) is 10.1 Å². The van der Waals surface area contributed by atoms with Gasteiger partial charge in [0.1, 0.15) is 6.61 Å². The Morgan fingerprint density at radius 2 is 1.66 bits per heavy atom. The summed E-state index contributed by atoms with van der Waals surface area (Å²) in [5.74, 6) is -6.10. The van der Waals surface area contributed by atoms with E-state index < -0.39 is 23.1 Å². The normalized spacial score (nSPS) is 12.6. The number of nitrogens with zero attached hydrogens (tertiary/aromatic N) is 2. The molecule has 0 unspecified atom stereocenters. The first kappa shape index (κ1) is 24.7. The van der Waals surface area contributed by atoms with Gasteiger partial charge in [-0.05, 0) is 41.5 Å². The number of halogens is 7. The lowest BCUT2D eigenvalue weighted by molar-refractivity contribution is -0.384. The maximum atomic E-state index is 13.2. The van der Waals surface area contributed by atoms with Crippen LogP contribution in [-0.2, 0) is 6.61 Å². The summed E-state index contributed by atoms with van der Waals surface area (Å²) < 4.78 is 98.8. The molecule has 2 aromatic carbocycles. The van der Waals surface area contributed by atoms with E-state index in [1.54, 1.807) is 0 Å². The van der Waals surface area contributed by atoms with E-state index in [1.807, 2.05) is 0 Å². The molecule has 0 aliphatic carbocycles. The minimum atomic E-state index is -6.48. The molecule has 0 heterocycles. The van der Waals surface area contributed by atoms with E-state index in [0.29, 0.717) is 17.2 Å². The summed E-state index contributed by atoms with van der Waals surface area (Å²) in [5.41, 5.74) is 1.00.